The van der Waals surface area contributed by atoms with Crippen LogP contribution in [-0.4, -0.2) is 25.0 Å². The molecule has 0 rings (SSSR count). The zero-order valence-electron chi connectivity index (χ0n) is 9.89. The Balaban J connectivity index is 3.44. The summed E-state index contributed by atoms with van der Waals surface area (Å²) < 4.78 is 0. The predicted molar refractivity (Wildman–Crippen MR) is 60.2 cm³/mol. The molecule has 0 aromatic heterocycles. The Hall–Kier alpha value is -0.570. The second kappa shape index (κ2) is 7.80. The maximum Gasteiger partial charge on any atom is 0.234 e. The largest absolute Gasteiger partial charge is 0.353 e. The Bertz CT molecular complexity index is 159. The van der Waals surface area contributed by atoms with Crippen LogP contribution >= 0.6 is 0 Å². The molecule has 0 heterocycles. The van der Waals surface area contributed by atoms with Crippen LogP contribution < -0.4 is 10.6 Å². The lowest BCUT2D eigenvalue weighted by Gasteiger charge is -2.13. The first kappa shape index (κ1) is 13.4. The van der Waals surface area contributed by atoms with E-state index < -0.39 is 0 Å². The maximum absolute atomic E-state index is 11.3. The molecule has 3 nitrogen and oxygen atoms in total. The van der Waals surface area contributed by atoms with Gasteiger partial charge < -0.3 is 10.6 Å². The van der Waals surface area contributed by atoms with Crippen LogP contribution in [0.25, 0.3) is 0 Å². The Morgan fingerprint density at radius 1 is 1.21 bits per heavy atom. The van der Waals surface area contributed by atoms with Gasteiger partial charge in [-0.25, -0.2) is 0 Å². The van der Waals surface area contributed by atoms with Crippen LogP contribution in [0.2, 0.25) is 0 Å². The Morgan fingerprint density at radius 2 is 1.86 bits per heavy atom. The molecule has 0 aromatic rings. The number of carbonyl (C=O) groups excluding carboxylic acids is 1. The fourth-order valence-electron chi connectivity index (χ4n) is 1.00. The van der Waals surface area contributed by atoms with Crippen molar-refractivity contribution in [3.63, 3.8) is 0 Å². The molecule has 2 atom stereocenters. The Morgan fingerprint density at radius 3 is 2.36 bits per heavy atom. The molecule has 3 heteroatoms. The molecule has 0 radical (unpaired) electrons. The predicted octanol–water partition coefficient (Wildman–Crippen LogP) is 1.54. The summed E-state index contributed by atoms with van der Waals surface area (Å²) in [5.74, 6) is 0.744. The van der Waals surface area contributed by atoms with Gasteiger partial charge in [-0.05, 0) is 25.8 Å². The molecule has 0 bridgehead atoms. The summed E-state index contributed by atoms with van der Waals surface area (Å²) in [4.78, 5) is 11.3. The normalized spacial score (nSPS) is 14.9. The minimum atomic E-state index is 0.0997. The summed E-state index contributed by atoms with van der Waals surface area (Å²) in [7, 11) is 0. The van der Waals surface area contributed by atoms with E-state index in [0.29, 0.717) is 12.5 Å². The van der Waals surface area contributed by atoms with E-state index in [1.807, 2.05) is 6.92 Å². The van der Waals surface area contributed by atoms with E-state index in [1.165, 1.54) is 0 Å². The standard InChI is InChI=1S/C11H24N2O/c1-5-9(3)7-12-8-11(14)13-10(4)6-2/h9-10,12H,5-8H2,1-4H3,(H,13,14). The lowest BCUT2D eigenvalue weighted by molar-refractivity contribution is -0.120. The first-order valence-electron chi connectivity index (χ1n) is 5.60. The molecule has 0 spiro atoms. The van der Waals surface area contributed by atoms with Crippen LogP contribution in [0.3, 0.4) is 0 Å². The van der Waals surface area contributed by atoms with Gasteiger partial charge in [0.15, 0.2) is 0 Å². The maximum atomic E-state index is 11.3. The average molecular weight is 200 g/mol. The van der Waals surface area contributed by atoms with Crippen molar-refractivity contribution in [1.29, 1.82) is 0 Å². The van der Waals surface area contributed by atoms with Crippen LogP contribution in [0.1, 0.15) is 40.5 Å². The molecule has 0 aliphatic heterocycles. The van der Waals surface area contributed by atoms with Crippen molar-refractivity contribution in [3.8, 4) is 0 Å². The van der Waals surface area contributed by atoms with Crippen molar-refractivity contribution in [2.75, 3.05) is 13.1 Å². The fraction of sp³-hybridized carbons (Fsp3) is 0.909. The minimum Gasteiger partial charge on any atom is -0.353 e. The Kier molecular flexibility index (Phi) is 7.48. The van der Waals surface area contributed by atoms with Crippen molar-refractivity contribution >= 4 is 5.91 Å². The van der Waals surface area contributed by atoms with E-state index in [2.05, 4.69) is 31.4 Å². The van der Waals surface area contributed by atoms with Gasteiger partial charge in [-0.2, -0.15) is 0 Å². The average Bonchev–Trinajstić information content (AvgIpc) is 2.17. The van der Waals surface area contributed by atoms with Crippen LogP contribution in [0.4, 0.5) is 0 Å². The fourth-order valence-corrected chi connectivity index (χ4v) is 1.00. The summed E-state index contributed by atoms with van der Waals surface area (Å²) in [5, 5.41) is 6.07. The van der Waals surface area contributed by atoms with E-state index in [4.69, 9.17) is 0 Å². The number of nitrogens with one attached hydrogen (secondary N) is 2. The van der Waals surface area contributed by atoms with Gasteiger partial charge in [-0.3, -0.25) is 4.79 Å². The zero-order valence-corrected chi connectivity index (χ0v) is 9.89. The second-order valence-corrected chi connectivity index (χ2v) is 4.02. The van der Waals surface area contributed by atoms with E-state index in [0.717, 1.165) is 19.4 Å². The van der Waals surface area contributed by atoms with Crippen LogP contribution in [0, 0.1) is 5.92 Å². The van der Waals surface area contributed by atoms with Crippen molar-refractivity contribution in [3.05, 3.63) is 0 Å². The molecule has 84 valence electrons. The number of carbonyl (C=O) groups is 1. The summed E-state index contributed by atoms with van der Waals surface area (Å²) in [6, 6.07) is 0.285. The third kappa shape index (κ3) is 6.89. The number of rotatable bonds is 7. The topological polar surface area (TPSA) is 41.1 Å². The lowest BCUT2D eigenvalue weighted by atomic mass is 10.1. The molecule has 0 aromatic carbocycles. The van der Waals surface area contributed by atoms with Gasteiger partial charge in [0.05, 0.1) is 6.54 Å². The molecule has 0 aliphatic carbocycles. The monoisotopic (exact) mass is 200 g/mol. The highest BCUT2D eigenvalue weighted by Crippen LogP contribution is 1.96. The number of hydrogen-bond donors (Lipinski definition) is 2. The van der Waals surface area contributed by atoms with Crippen LogP contribution in [0.15, 0.2) is 0 Å². The summed E-state index contributed by atoms with van der Waals surface area (Å²) in [5.41, 5.74) is 0. The molecular formula is C11H24N2O. The van der Waals surface area contributed by atoms with Crippen LogP contribution in [-0.2, 0) is 4.79 Å². The summed E-state index contributed by atoms with van der Waals surface area (Å²) >= 11 is 0. The number of hydrogen-bond acceptors (Lipinski definition) is 2. The van der Waals surface area contributed by atoms with E-state index >= 15 is 0 Å². The van der Waals surface area contributed by atoms with Crippen molar-refractivity contribution in [2.24, 2.45) is 5.92 Å². The Labute approximate surface area is 87.6 Å². The molecule has 1 amide bonds. The molecule has 2 N–H and O–H groups in total. The summed E-state index contributed by atoms with van der Waals surface area (Å²) in [6.07, 6.45) is 2.14. The highest BCUT2D eigenvalue weighted by molar-refractivity contribution is 5.78. The third-order valence-corrected chi connectivity index (χ3v) is 2.50. The molecular weight excluding hydrogens is 176 g/mol. The lowest BCUT2D eigenvalue weighted by Crippen LogP contribution is -2.39. The van der Waals surface area contributed by atoms with E-state index in [-0.39, 0.29) is 11.9 Å². The van der Waals surface area contributed by atoms with Crippen molar-refractivity contribution in [2.45, 2.75) is 46.6 Å². The molecule has 0 aliphatic rings. The first-order chi connectivity index (χ1) is 6.60. The summed E-state index contributed by atoms with van der Waals surface area (Å²) in [6.45, 7) is 9.79. The molecule has 0 saturated heterocycles. The molecule has 0 saturated carbocycles. The highest BCUT2D eigenvalue weighted by atomic mass is 16.1. The van der Waals surface area contributed by atoms with Crippen LogP contribution in [0.5, 0.6) is 0 Å². The van der Waals surface area contributed by atoms with Gasteiger partial charge in [0.1, 0.15) is 0 Å². The smallest absolute Gasteiger partial charge is 0.234 e. The van der Waals surface area contributed by atoms with Crippen molar-refractivity contribution in [1.82, 2.24) is 10.6 Å². The quantitative estimate of drug-likeness (QED) is 0.654. The van der Waals surface area contributed by atoms with Gasteiger partial charge in [-0.15, -0.1) is 0 Å². The highest BCUT2D eigenvalue weighted by Gasteiger charge is 2.05. The number of amides is 1. The second-order valence-electron chi connectivity index (χ2n) is 4.02. The van der Waals surface area contributed by atoms with E-state index in [9.17, 15) is 4.79 Å². The minimum absolute atomic E-state index is 0.0997. The van der Waals surface area contributed by atoms with Gasteiger partial charge in [0.25, 0.3) is 0 Å². The van der Waals surface area contributed by atoms with E-state index in [1.54, 1.807) is 0 Å². The SMILES string of the molecule is CCC(C)CNCC(=O)NC(C)CC. The van der Waals surface area contributed by atoms with Gasteiger partial charge in [0.2, 0.25) is 5.91 Å². The molecule has 14 heavy (non-hydrogen) atoms. The van der Waals surface area contributed by atoms with Gasteiger partial charge >= 0.3 is 0 Å². The first-order valence-corrected chi connectivity index (χ1v) is 5.60. The van der Waals surface area contributed by atoms with Gasteiger partial charge in [0, 0.05) is 6.04 Å². The zero-order chi connectivity index (χ0) is 11.0. The molecule has 0 fully saturated rings. The van der Waals surface area contributed by atoms with Gasteiger partial charge in [-0.1, -0.05) is 27.2 Å². The third-order valence-electron chi connectivity index (χ3n) is 2.50. The molecule has 2 unspecified atom stereocenters. The van der Waals surface area contributed by atoms with Crippen molar-refractivity contribution < 1.29 is 4.79 Å².